The minimum atomic E-state index is 0.0450. The van der Waals surface area contributed by atoms with Crippen molar-refractivity contribution in [2.75, 3.05) is 24.5 Å². The van der Waals surface area contributed by atoms with E-state index in [1.807, 2.05) is 17.0 Å². The van der Waals surface area contributed by atoms with Gasteiger partial charge in [-0.2, -0.15) is 0 Å². The van der Waals surface area contributed by atoms with Crippen LogP contribution >= 0.6 is 11.6 Å². The highest BCUT2D eigenvalue weighted by Crippen LogP contribution is 2.35. The Morgan fingerprint density at radius 3 is 2.67 bits per heavy atom. The van der Waals surface area contributed by atoms with Crippen molar-refractivity contribution in [3.63, 3.8) is 0 Å². The second-order valence-corrected chi connectivity index (χ2v) is 8.39. The summed E-state index contributed by atoms with van der Waals surface area (Å²) in [7, 11) is 0. The van der Waals surface area contributed by atoms with E-state index in [9.17, 15) is 4.79 Å². The first kappa shape index (κ1) is 19.3. The summed E-state index contributed by atoms with van der Waals surface area (Å²) in [6.07, 6.45) is 8.44. The number of anilines is 1. The molecule has 1 aromatic carbocycles. The molecule has 8 heteroatoms. The number of carbonyl (C=O) groups is 1. The number of benzene rings is 1. The number of amides is 1. The van der Waals surface area contributed by atoms with Crippen molar-refractivity contribution >= 4 is 34.4 Å². The minimum absolute atomic E-state index is 0.0450. The van der Waals surface area contributed by atoms with Gasteiger partial charge < -0.3 is 5.32 Å². The zero-order valence-corrected chi connectivity index (χ0v) is 17.3. The first-order valence-corrected chi connectivity index (χ1v) is 10.8. The summed E-state index contributed by atoms with van der Waals surface area (Å²) in [4.78, 5) is 33.3. The Morgan fingerprint density at radius 2 is 1.83 bits per heavy atom. The summed E-state index contributed by atoms with van der Waals surface area (Å²) in [6.45, 7) is 2.55. The van der Waals surface area contributed by atoms with Crippen LogP contribution in [0.15, 0.2) is 36.8 Å². The van der Waals surface area contributed by atoms with Gasteiger partial charge >= 0.3 is 0 Å². The number of halogens is 1. The standard InChI is InChI=1S/C22H23ClN6O/c23-16-1-2-17-18(12-16)28-19(13-27-17)15-5-10-29(20(30)11-15)22-21(25-8-9-26-22)14-3-6-24-7-4-14/h1-2,8-9,12-15,24H,3-7,10-11H2. The zero-order valence-electron chi connectivity index (χ0n) is 16.6. The molecule has 7 nitrogen and oxygen atoms in total. The Bertz CT molecular complexity index is 1080. The predicted octanol–water partition coefficient (Wildman–Crippen LogP) is 3.45. The number of nitrogens with zero attached hydrogens (tertiary/aromatic N) is 5. The average Bonchev–Trinajstić information content (AvgIpc) is 2.79. The number of piperidine rings is 2. The van der Waals surface area contributed by atoms with Crippen LogP contribution < -0.4 is 10.2 Å². The van der Waals surface area contributed by atoms with E-state index in [4.69, 9.17) is 16.6 Å². The summed E-state index contributed by atoms with van der Waals surface area (Å²) in [5.41, 5.74) is 3.36. The van der Waals surface area contributed by atoms with E-state index in [2.05, 4.69) is 20.3 Å². The number of aromatic nitrogens is 4. The number of hydrogen-bond donors (Lipinski definition) is 1. The molecule has 1 atom stereocenters. The molecule has 0 saturated carbocycles. The fourth-order valence-electron chi connectivity index (χ4n) is 4.44. The van der Waals surface area contributed by atoms with Crippen LogP contribution in [0.1, 0.15) is 48.9 Å². The highest BCUT2D eigenvalue weighted by Gasteiger charge is 2.32. The van der Waals surface area contributed by atoms with Crippen LogP contribution in [-0.2, 0) is 4.79 Å². The largest absolute Gasteiger partial charge is 0.317 e. The quantitative estimate of drug-likeness (QED) is 0.696. The lowest BCUT2D eigenvalue weighted by Crippen LogP contribution is -2.40. The molecule has 0 radical (unpaired) electrons. The second kappa shape index (κ2) is 8.24. The Labute approximate surface area is 179 Å². The van der Waals surface area contributed by atoms with Crippen LogP contribution in [0.5, 0.6) is 0 Å². The van der Waals surface area contributed by atoms with Gasteiger partial charge in [0.15, 0.2) is 5.82 Å². The van der Waals surface area contributed by atoms with E-state index in [0.717, 1.165) is 60.6 Å². The molecule has 0 aliphatic carbocycles. The number of nitrogens with one attached hydrogen (secondary N) is 1. The molecule has 1 N–H and O–H groups in total. The molecule has 5 rings (SSSR count). The Kier molecular flexibility index (Phi) is 5.31. The van der Waals surface area contributed by atoms with Crippen LogP contribution in [0.25, 0.3) is 11.0 Å². The SMILES string of the molecule is O=C1CC(c2cnc3ccc(Cl)cc3n2)CCN1c1nccnc1C1CCNCC1. The fourth-order valence-corrected chi connectivity index (χ4v) is 4.60. The average molecular weight is 423 g/mol. The zero-order chi connectivity index (χ0) is 20.5. The lowest BCUT2D eigenvalue weighted by atomic mass is 9.91. The normalized spacial score (nSPS) is 20.6. The number of rotatable bonds is 3. The van der Waals surface area contributed by atoms with Gasteiger partial charge in [-0.1, -0.05) is 11.6 Å². The van der Waals surface area contributed by atoms with E-state index in [1.54, 1.807) is 24.7 Å². The van der Waals surface area contributed by atoms with Crippen molar-refractivity contribution in [2.45, 2.75) is 37.5 Å². The summed E-state index contributed by atoms with van der Waals surface area (Å²) in [5.74, 6) is 1.18. The van der Waals surface area contributed by atoms with E-state index < -0.39 is 0 Å². The maximum absolute atomic E-state index is 13.1. The molecular formula is C22H23ClN6O. The van der Waals surface area contributed by atoms with Gasteiger partial charge in [0.2, 0.25) is 5.91 Å². The predicted molar refractivity (Wildman–Crippen MR) is 116 cm³/mol. The fraction of sp³-hybridized carbons (Fsp3) is 0.409. The molecule has 1 unspecified atom stereocenters. The lowest BCUT2D eigenvalue weighted by molar-refractivity contribution is -0.120. The van der Waals surface area contributed by atoms with E-state index >= 15 is 0 Å². The molecule has 154 valence electrons. The van der Waals surface area contributed by atoms with Crippen molar-refractivity contribution in [3.05, 3.63) is 53.2 Å². The van der Waals surface area contributed by atoms with Crippen LogP contribution in [-0.4, -0.2) is 45.5 Å². The Morgan fingerprint density at radius 1 is 1.00 bits per heavy atom. The van der Waals surface area contributed by atoms with Crippen LogP contribution in [0.3, 0.4) is 0 Å². The van der Waals surface area contributed by atoms with Gasteiger partial charge in [0, 0.05) is 48.4 Å². The van der Waals surface area contributed by atoms with Gasteiger partial charge in [0.05, 0.1) is 22.4 Å². The third-order valence-corrected chi connectivity index (χ3v) is 6.29. The van der Waals surface area contributed by atoms with Gasteiger partial charge in [0.1, 0.15) is 0 Å². The van der Waals surface area contributed by atoms with E-state index in [0.29, 0.717) is 23.9 Å². The topological polar surface area (TPSA) is 83.9 Å². The first-order chi connectivity index (χ1) is 14.7. The molecule has 0 spiro atoms. The third-order valence-electron chi connectivity index (χ3n) is 6.05. The van der Waals surface area contributed by atoms with Crippen LogP contribution in [0, 0.1) is 0 Å². The smallest absolute Gasteiger partial charge is 0.228 e. The van der Waals surface area contributed by atoms with Gasteiger partial charge in [-0.05, 0) is 50.6 Å². The van der Waals surface area contributed by atoms with Crippen molar-refractivity contribution in [3.8, 4) is 0 Å². The minimum Gasteiger partial charge on any atom is -0.317 e. The summed E-state index contributed by atoms with van der Waals surface area (Å²) < 4.78 is 0. The highest BCUT2D eigenvalue weighted by atomic mass is 35.5. The monoisotopic (exact) mass is 422 g/mol. The first-order valence-electron chi connectivity index (χ1n) is 10.4. The summed E-state index contributed by atoms with van der Waals surface area (Å²) >= 11 is 6.10. The van der Waals surface area contributed by atoms with Crippen LogP contribution in [0.4, 0.5) is 5.82 Å². The van der Waals surface area contributed by atoms with Crippen molar-refractivity contribution in [2.24, 2.45) is 0 Å². The number of hydrogen-bond acceptors (Lipinski definition) is 6. The number of carbonyl (C=O) groups excluding carboxylic acids is 1. The molecule has 2 aliphatic heterocycles. The molecular weight excluding hydrogens is 400 g/mol. The molecule has 1 amide bonds. The number of fused-ring (bicyclic) bond motifs is 1. The Balaban J connectivity index is 1.37. The third kappa shape index (κ3) is 3.75. The van der Waals surface area contributed by atoms with E-state index in [-0.39, 0.29) is 11.8 Å². The van der Waals surface area contributed by atoms with Crippen molar-refractivity contribution < 1.29 is 4.79 Å². The molecule has 0 bridgehead atoms. The molecule has 2 saturated heterocycles. The maximum Gasteiger partial charge on any atom is 0.228 e. The lowest BCUT2D eigenvalue weighted by Gasteiger charge is -2.33. The maximum atomic E-state index is 13.1. The summed E-state index contributed by atoms with van der Waals surface area (Å²) in [6, 6.07) is 5.48. The van der Waals surface area contributed by atoms with Gasteiger partial charge in [-0.3, -0.25) is 19.7 Å². The van der Waals surface area contributed by atoms with E-state index in [1.165, 1.54) is 0 Å². The Hall–Kier alpha value is -2.64. The van der Waals surface area contributed by atoms with Crippen molar-refractivity contribution in [1.82, 2.24) is 25.3 Å². The van der Waals surface area contributed by atoms with Crippen molar-refractivity contribution in [1.29, 1.82) is 0 Å². The molecule has 4 heterocycles. The van der Waals surface area contributed by atoms with Gasteiger partial charge in [0.25, 0.3) is 0 Å². The second-order valence-electron chi connectivity index (χ2n) is 7.95. The van der Waals surface area contributed by atoms with Gasteiger partial charge in [-0.25, -0.2) is 9.97 Å². The molecule has 2 fully saturated rings. The highest BCUT2D eigenvalue weighted by molar-refractivity contribution is 6.31. The molecule has 2 aromatic heterocycles. The molecule has 3 aromatic rings. The van der Waals surface area contributed by atoms with Gasteiger partial charge in [-0.15, -0.1) is 0 Å². The molecule has 2 aliphatic rings. The molecule has 30 heavy (non-hydrogen) atoms. The summed E-state index contributed by atoms with van der Waals surface area (Å²) in [5, 5.41) is 4.01. The van der Waals surface area contributed by atoms with Crippen LogP contribution in [0.2, 0.25) is 5.02 Å².